The van der Waals surface area contributed by atoms with Gasteiger partial charge in [-0.2, -0.15) is 5.10 Å². The Morgan fingerprint density at radius 2 is 1.77 bits per heavy atom. The highest BCUT2D eigenvalue weighted by Gasteiger charge is 2.02. The van der Waals surface area contributed by atoms with Gasteiger partial charge in [0, 0.05) is 5.56 Å². The summed E-state index contributed by atoms with van der Waals surface area (Å²) in [5.74, 6) is -0.875. The van der Waals surface area contributed by atoms with Gasteiger partial charge in [0.15, 0.2) is 6.61 Å². The number of carboxylic acid groups (broad SMARTS) is 1. The second kappa shape index (κ2) is 7.58. The van der Waals surface area contributed by atoms with E-state index in [9.17, 15) is 9.59 Å². The van der Waals surface area contributed by atoms with Crippen molar-refractivity contribution in [2.45, 2.75) is 0 Å². The molecule has 1 amide bonds. The Morgan fingerprint density at radius 3 is 2.41 bits per heavy atom. The van der Waals surface area contributed by atoms with Gasteiger partial charge in [-0.05, 0) is 42.0 Å². The monoisotopic (exact) mass is 298 g/mol. The van der Waals surface area contributed by atoms with Crippen molar-refractivity contribution < 1.29 is 19.4 Å². The van der Waals surface area contributed by atoms with Gasteiger partial charge < -0.3 is 9.84 Å². The molecule has 0 aliphatic heterocycles. The molecule has 6 nitrogen and oxygen atoms in total. The van der Waals surface area contributed by atoms with Crippen LogP contribution in [0, 0.1) is 0 Å². The van der Waals surface area contributed by atoms with Gasteiger partial charge in [-0.3, -0.25) is 4.79 Å². The predicted octanol–water partition coefficient (Wildman–Crippen LogP) is 1.91. The molecule has 6 heteroatoms. The summed E-state index contributed by atoms with van der Waals surface area (Å²) in [6.45, 7) is -0.388. The van der Waals surface area contributed by atoms with Crippen LogP contribution in [-0.2, 0) is 4.79 Å². The van der Waals surface area contributed by atoms with E-state index in [0.29, 0.717) is 11.3 Å². The van der Waals surface area contributed by atoms with Gasteiger partial charge in [0.2, 0.25) is 0 Å². The van der Waals surface area contributed by atoms with Gasteiger partial charge in [0.25, 0.3) is 5.91 Å². The first kappa shape index (κ1) is 15.2. The average molecular weight is 298 g/mol. The summed E-state index contributed by atoms with van der Waals surface area (Å²) in [5.41, 5.74) is 3.70. The van der Waals surface area contributed by atoms with Crippen LogP contribution >= 0.6 is 0 Å². The zero-order chi connectivity index (χ0) is 15.8. The maximum absolute atomic E-state index is 11.7. The van der Waals surface area contributed by atoms with Crippen LogP contribution in [0.2, 0.25) is 0 Å². The highest BCUT2D eigenvalue weighted by molar-refractivity contribution is 5.94. The third kappa shape index (κ3) is 4.75. The number of hydrazone groups is 1. The minimum Gasteiger partial charge on any atom is -0.482 e. The number of nitrogens with one attached hydrogen (secondary N) is 1. The van der Waals surface area contributed by atoms with Crippen molar-refractivity contribution in [1.29, 1.82) is 0 Å². The molecular formula is C16H14N2O4. The molecule has 0 unspecified atom stereocenters. The summed E-state index contributed by atoms with van der Waals surface area (Å²) in [4.78, 5) is 22.1. The van der Waals surface area contributed by atoms with Gasteiger partial charge in [-0.15, -0.1) is 0 Å². The van der Waals surface area contributed by atoms with E-state index in [1.165, 1.54) is 6.21 Å². The Kier molecular flexibility index (Phi) is 5.25. The predicted molar refractivity (Wildman–Crippen MR) is 81.1 cm³/mol. The zero-order valence-corrected chi connectivity index (χ0v) is 11.6. The molecule has 0 fully saturated rings. The minimum atomic E-state index is -1.03. The molecule has 22 heavy (non-hydrogen) atoms. The van der Waals surface area contributed by atoms with Crippen molar-refractivity contribution >= 4 is 18.1 Å². The molecule has 2 aromatic carbocycles. The van der Waals surface area contributed by atoms with Crippen molar-refractivity contribution in [2.75, 3.05) is 6.61 Å². The van der Waals surface area contributed by atoms with E-state index in [2.05, 4.69) is 10.5 Å². The zero-order valence-electron chi connectivity index (χ0n) is 11.6. The molecule has 0 aliphatic rings. The normalized spacial score (nSPS) is 10.4. The molecule has 0 saturated carbocycles. The Hall–Kier alpha value is -3.15. The smallest absolute Gasteiger partial charge is 0.341 e. The standard InChI is InChI=1S/C16H14N2O4/c19-15(20)11-22-14-8-6-12(7-9-14)10-17-18-16(21)13-4-2-1-3-5-13/h1-10H,11H2,(H,18,21)(H,19,20)/b17-10-. The van der Waals surface area contributed by atoms with Crippen molar-refractivity contribution in [2.24, 2.45) is 5.10 Å². The summed E-state index contributed by atoms with van der Waals surface area (Å²) in [7, 11) is 0. The number of hydrogen-bond acceptors (Lipinski definition) is 4. The van der Waals surface area contributed by atoms with Gasteiger partial charge in [-0.25, -0.2) is 10.2 Å². The number of carbonyl (C=O) groups excluding carboxylic acids is 1. The van der Waals surface area contributed by atoms with Crippen LogP contribution in [0.25, 0.3) is 0 Å². The molecule has 0 aliphatic carbocycles. The van der Waals surface area contributed by atoms with E-state index in [-0.39, 0.29) is 12.5 Å². The molecular weight excluding hydrogens is 284 g/mol. The SMILES string of the molecule is O=C(O)COc1ccc(/C=N\NC(=O)c2ccccc2)cc1. The van der Waals surface area contributed by atoms with E-state index < -0.39 is 5.97 Å². The number of benzene rings is 2. The number of ether oxygens (including phenoxy) is 1. The maximum Gasteiger partial charge on any atom is 0.341 e. The Balaban J connectivity index is 1.88. The molecule has 112 valence electrons. The lowest BCUT2D eigenvalue weighted by atomic mass is 10.2. The number of amides is 1. The number of nitrogens with zero attached hydrogens (tertiary/aromatic N) is 1. The summed E-state index contributed by atoms with van der Waals surface area (Å²) in [5, 5.41) is 12.4. The quantitative estimate of drug-likeness (QED) is 0.630. The summed E-state index contributed by atoms with van der Waals surface area (Å²) >= 11 is 0. The second-order valence-electron chi connectivity index (χ2n) is 4.32. The van der Waals surface area contributed by atoms with Crippen LogP contribution in [0.15, 0.2) is 59.7 Å². The first-order valence-electron chi connectivity index (χ1n) is 6.48. The lowest BCUT2D eigenvalue weighted by Crippen LogP contribution is -2.17. The summed E-state index contributed by atoms with van der Waals surface area (Å²) in [6, 6.07) is 15.4. The summed E-state index contributed by atoms with van der Waals surface area (Å²) < 4.78 is 5.01. The maximum atomic E-state index is 11.7. The third-order valence-electron chi connectivity index (χ3n) is 2.66. The van der Waals surface area contributed by atoms with E-state index in [0.717, 1.165) is 5.56 Å². The fourth-order valence-corrected chi connectivity index (χ4v) is 1.61. The fraction of sp³-hybridized carbons (Fsp3) is 0.0625. The number of carbonyl (C=O) groups is 2. The number of hydrogen-bond donors (Lipinski definition) is 2. The highest BCUT2D eigenvalue weighted by Crippen LogP contribution is 2.10. The Morgan fingerprint density at radius 1 is 1.09 bits per heavy atom. The molecule has 0 bridgehead atoms. The molecule has 2 aromatic rings. The molecule has 0 spiro atoms. The van der Waals surface area contributed by atoms with Crippen LogP contribution in [0.3, 0.4) is 0 Å². The largest absolute Gasteiger partial charge is 0.482 e. The van der Waals surface area contributed by atoms with Crippen LogP contribution < -0.4 is 10.2 Å². The third-order valence-corrected chi connectivity index (χ3v) is 2.66. The number of carboxylic acids is 1. The van der Waals surface area contributed by atoms with Crippen molar-refractivity contribution in [3.8, 4) is 5.75 Å². The highest BCUT2D eigenvalue weighted by atomic mass is 16.5. The van der Waals surface area contributed by atoms with E-state index in [1.54, 1.807) is 48.5 Å². The van der Waals surface area contributed by atoms with Gasteiger partial charge in [0.1, 0.15) is 5.75 Å². The number of aliphatic carboxylic acids is 1. The van der Waals surface area contributed by atoms with Crippen LogP contribution in [0.5, 0.6) is 5.75 Å². The topological polar surface area (TPSA) is 88.0 Å². The first-order valence-corrected chi connectivity index (χ1v) is 6.48. The van der Waals surface area contributed by atoms with Crippen molar-refractivity contribution in [3.05, 3.63) is 65.7 Å². The molecule has 0 heterocycles. The molecule has 2 N–H and O–H groups in total. The molecule has 2 rings (SSSR count). The summed E-state index contributed by atoms with van der Waals surface area (Å²) in [6.07, 6.45) is 1.49. The second-order valence-corrected chi connectivity index (χ2v) is 4.32. The van der Waals surface area contributed by atoms with E-state index >= 15 is 0 Å². The first-order chi connectivity index (χ1) is 10.6. The van der Waals surface area contributed by atoms with Gasteiger partial charge >= 0.3 is 5.97 Å². The molecule has 0 saturated heterocycles. The van der Waals surface area contributed by atoms with E-state index in [1.807, 2.05) is 6.07 Å². The fourth-order valence-electron chi connectivity index (χ4n) is 1.61. The van der Waals surface area contributed by atoms with Gasteiger partial charge in [0.05, 0.1) is 6.21 Å². The lowest BCUT2D eigenvalue weighted by Gasteiger charge is -2.02. The Labute approximate surface area is 127 Å². The molecule has 0 atom stereocenters. The van der Waals surface area contributed by atoms with Crippen LogP contribution in [0.1, 0.15) is 15.9 Å². The Bertz CT molecular complexity index is 666. The van der Waals surface area contributed by atoms with Gasteiger partial charge in [-0.1, -0.05) is 18.2 Å². The molecule has 0 aromatic heterocycles. The van der Waals surface area contributed by atoms with Crippen molar-refractivity contribution in [3.63, 3.8) is 0 Å². The van der Waals surface area contributed by atoms with Crippen LogP contribution in [0.4, 0.5) is 0 Å². The number of rotatable bonds is 6. The van der Waals surface area contributed by atoms with E-state index in [4.69, 9.17) is 9.84 Å². The average Bonchev–Trinajstić information content (AvgIpc) is 2.55. The van der Waals surface area contributed by atoms with Crippen LogP contribution in [-0.4, -0.2) is 29.8 Å². The lowest BCUT2D eigenvalue weighted by molar-refractivity contribution is -0.139. The van der Waals surface area contributed by atoms with Crippen molar-refractivity contribution in [1.82, 2.24) is 5.43 Å². The minimum absolute atomic E-state index is 0.293. The molecule has 0 radical (unpaired) electrons.